The van der Waals surface area contributed by atoms with Crippen LogP contribution in [-0.2, 0) is 4.57 Å². The SMILES string of the molecule is CCC1=CN(C)C(CC)N1C.O=P(O)(O)O. The van der Waals surface area contributed by atoms with Crippen molar-refractivity contribution < 1.29 is 19.2 Å². The van der Waals surface area contributed by atoms with Crippen LogP contribution in [0.4, 0.5) is 0 Å². The molecule has 1 rings (SSSR count). The fraction of sp³-hybridized carbons (Fsp3) is 0.778. The highest BCUT2D eigenvalue weighted by atomic mass is 31.2. The molecule has 7 heteroatoms. The van der Waals surface area contributed by atoms with Crippen LogP contribution in [0.3, 0.4) is 0 Å². The van der Waals surface area contributed by atoms with E-state index in [9.17, 15) is 0 Å². The molecule has 3 N–H and O–H groups in total. The number of nitrogens with zero attached hydrogens (tertiary/aromatic N) is 2. The maximum atomic E-state index is 8.88. The molecule has 0 aromatic heterocycles. The van der Waals surface area contributed by atoms with Gasteiger partial charge in [0, 0.05) is 26.0 Å². The number of hydrogen-bond acceptors (Lipinski definition) is 3. The van der Waals surface area contributed by atoms with E-state index >= 15 is 0 Å². The van der Waals surface area contributed by atoms with Gasteiger partial charge >= 0.3 is 7.82 Å². The van der Waals surface area contributed by atoms with E-state index in [1.807, 2.05) is 0 Å². The zero-order valence-corrected chi connectivity index (χ0v) is 11.1. The minimum Gasteiger partial charge on any atom is -0.359 e. The second-order valence-corrected chi connectivity index (χ2v) is 4.68. The molecule has 16 heavy (non-hydrogen) atoms. The Morgan fingerprint density at radius 1 is 1.31 bits per heavy atom. The summed E-state index contributed by atoms with van der Waals surface area (Å²) in [6, 6.07) is 0. The van der Waals surface area contributed by atoms with E-state index in [-0.39, 0.29) is 0 Å². The first-order valence-electron chi connectivity index (χ1n) is 5.14. The lowest BCUT2D eigenvalue weighted by Gasteiger charge is -2.27. The van der Waals surface area contributed by atoms with Crippen LogP contribution in [0.5, 0.6) is 0 Å². The molecule has 0 amide bonds. The third-order valence-corrected chi connectivity index (χ3v) is 2.45. The summed E-state index contributed by atoms with van der Waals surface area (Å²) >= 11 is 0. The van der Waals surface area contributed by atoms with Gasteiger partial charge in [0.1, 0.15) is 0 Å². The van der Waals surface area contributed by atoms with E-state index in [4.69, 9.17) is 19.2 Å². The van der Waals surface area contributed by atoms with Gasteiger partial charge in [0.2, 0.25) is 0 Å². The highest BCUT2D eigenvalue weighted by molar-refractivity contribution is 7.45. The van der Waals surface area contributed by atoms with Crippen molar-refractivity contribution in [3.05, 3.63) is 11.9 Å². The summed E-state index contributed by atoms with van der Waals surface area (Å²) in [5.74, 6) is 0. The zero-order valence-electron chi connectivity index (χ0n) is 10.2. The number of hydrogen-bond donors (Lipinski definition) is 3. The van der Waals surface area contributed by atoms with Crippen LogP contribution in [0.25, 0.3) is 0 Å². The van der Waals surface area contributed by atoms with Gasteiger partial charge in [-0.1, -0.05) is 13.8 Å². The molecule has 0 aliphatic carbocycles. The van der Waals surface area contributed by atoms with Crippen molar-refractivity contribution in [2.24, 2.45) is 0 Å². The minimum absolute atomic E-state index is 0.588. The Labute approximate surface area is 96.4 Å². The summed E-state index contributed by atoms with van der Waals surface area (Å²) in [6.07, 6.45) is 5.16. The smallest absolute Gasteiger partial charge is 0.359 e. The molecule has 1 heterocycles. The van der Waals surface area contributed by atoms with Crippen LogP contribution in [0.15, 0.2) is 11.9 Å². The van der Waals surface area contributed by atoms with Crippen molar-refractivity contribution in [1.29, 1.82) is 0 Å². The average molecular weight is 252 g/mol. The molecule has 0 saturated heterocycles. The summed E-state index contributed by atoms with van der Waals surface area (Å²) in [4.78, 5) is 26.2. The van der Waals surface area contributed by atoms with Crippen LogP contribution >= 0.6 is 7.82 Å². The molecule has 1 unspecified atom stereocenters. The van der Waals surface area contributed by atoms with Crippen LogP contribution in [0, 0.1) is 0 Å². The average Bonchev–Trinajstić information content (AvgIpc) is 2.38. The Morgan fingerprint density at radius 2 is 1.75 bits per heavy atom. The van der Waals surface area contributed by atoms with Crippen molar-refractivity contribution in [2.45, 2.75) is 32.9 Å². The molecule has 1 aliphatic rings. The van der Waals surface area contributed by atoms with Gasteiger partial charge in [-0.2, -0.15) is 0 Å². The summed E-state index contributed by atoms with van der Waals surface area (Å²) in [7, 11) is -0.319. The third kappa shape index (κ3) is 5.51. The Bertz CT molecular complexity index is 281. The standard InChI is InChI=1S/C9H18N2.H3O4P/c1-5-8-7-10(3)9(6-2)11(8)4;1-5(2,3)4/h7,9H,5-6H2,1-4H3;(H3,1,2,3,4). The molecular formula is C9H21N2O4P. The largest absolute Gasteiger partial charge is 0.466 e. The fourth-order valence-corrected chi connectivity index (χ4v) is 1.78. The molecule has 96 valence electrons. The first-order valence-corrected chi connectivity index (χ1v) is 6.71. The Balaban J connectivity index is 0.000000385. The summed E-state index contributed by atoms with van der Waals surface area (Å²) in [5, 5.41) is 0. The van der Waals surface area contributed by atoms with E-state index < -0.39 is 7.82 Å². The molecule has 0 aromatic rings. The predicted octanol–water partition coefficient (Wildman–Crippen LogP) is 0.922. The highest BCUT2D eigenvalue weighted by Gasteiger charge is 2.23. The molecule has 1 aliphatic heterocycles. The van der Waals surface area contributed by atoms with Gasteiger partial charge in [-0.25, -0.2) is 4.57 Å². The Kier molecular flexibility index (Phi) is 6.04. The fourth-order valence-electron chi connectivity index (χ4n) is 1.78. The Morgan fingerprint density at radius 3 is 1.94 bits per heavy atom. The number of phosphoric acid groups is 1. The van der Waals surface area contributed by atoms with Gasteiger partial charge in [-0.05, 0) is 12.8 Å². The predicted molar refractivity (Wildman–Crippen MR) is 62.2 cm³/mol. The molecular weight excluding hydrogens is 231 g/mol. The van der Waals surface area contributed by atoms with Crippen LogP contribution in [-0.4, -0.2) is 44.7 Å². The van der Waals surface area contributed by atoms with E-state index in [0.29, 0.717) is 6.17 Å². The van der Waals surface area contributed by atoms with Crippen molar-refractivity contribution >= 4 is 7.82 Å². The zero-order chi connectivity index (χ0) is 12.9. The van der Waals surface area contributed by atoms with Crippen LogP contribution in [0.1, 0.15) is 26.7 Å². The number of allylic oxidation sites excluding steroid dienone is 1. The van der Waals surface area contributed by atoms with Crippen LogP contribution in [0.2, 0.25) is 0 Å². The van der Waals surface area contributed by atoms with Gasteiger partial charge in [0.05, 0.1) is 6.17 Å². The lowest BCUT2D eigenvalue weighted by Crippen LogP contribution is -2.34. The first kappa shape index (κ1) is 15.4. The van der Waals surface area contributed by atoms with Crippen molar-refractivity contribution in [3.63, 3.8) is 0 Å². The molecule has 0 radical (unpaired) electrons. The van der Waals surface area contributed by atoms with Gasteiger partial charge in [-0.3, -0.25) is 0 Å². The van der Waals surface area contributed by atoms with Gasteiger partial charge in [0.15, 0.2) is 0 Å². The van der Waals surface area contributed by atoms with E-state index in [1.54, 1.807) is 0 Å². The molecule has 1 atom stereocenters. The van der Waals surface area contributed by atoms with Gasteiger partial charge in [-0.15, -0.1) is 0 Å². The lowest BCUT2D eigenvalue weighted by atomic mass is 10.3. The van der Waals surface area contributed by atoms with Crippen molar-refractivity contribution in [1.82, 2.24) is 9.80 Å². The van der Waals surface area contributed by atoms with E-state index in [1.165, 1.54) is 12.1 Å². The second kappa shape index (κ2) is 6.25. The second-order valence-electron chi connectivity index (χ2n) is 3.65. The third-order valence-electron chi connectivity index (χ3n) is 2.45. The number of rotatable bonds is 2. The summed E-state index contributed by atoms with van der Waals surface area (Å²) in [5.41, 5.74) is 1.44. The summed E-state index contributed by atoms with van der Waals surface area (Å²) < 4.78 is 8.88. The van der Waals surface area contributed by atoms with Crippen LogP contribution < -0.4 is 0 Å². The van der Waals surface area contributed by atoms with E-state index in [0.717, 1.165) is 6.42 Å². The van der Waals surface area contributed by atoms with Gasteiger partial charge < -0.3 is 24.5 Å². The molecule has 0 bridgehead atoms. The van der Waals surface area contributed by atoms with E-state index in [2.05, 4.69) is 43.9 Å². The maximum absolute atomic E-state index is 8.88. The quantitative estimate of drug-likeness (QED) is 0.634. The molecule has 6 nitrogen and oxygen atoms in total. The molecule has 0 aromatic carbocycles. The normalized spacial score (nSPS) is 20.4. The highest BCUT2D eigenvalue weighted by Crippen LogP contribution is 2.25. The summed E-state index contributed by atoms with van der Waals surface area (Å²) in [6.45, 7) is 4.43. The molecule has 0 saturated carbocycles. The van der Waals surface area contributed by atoms with Crippen molar-refractivity contribution in [2.75, 3.05) is 14.1 Å². The van der Waals surface area contributed by atoms with Crippen molar-refractivity contribution in [3.8, 4) is 0 Å². The van der Waals surface area contributed by atoms with Gasteiger partial charge in [0.25, 0.3) is 0 Å². The molecule has 0 spiro atoms. The lowest BCUT2D eigenvalue weighted by molar-refractivity contribution is 0.188. The maximum Gasteiger partial charge on any atom is 0.466 e. The first-order chi connectivity index (χ1) is 7.20. The Hall–Kier alpha value is -0.550. The monoisotopic (exact) mass is 252 g/mol. The molecule has 0 fully saturated rings. The topological polar surface area (TPSA) is 84.2 Å². The minimum atomic E-state index is -4.64.